The van der Waals surface area contributed by atoms with Crippen LogP contribution < -0.4 is 4.74 Å². The number of phenols is 1. The van der Waals surface area contributed by atoms with Crippen LogP contribution >= 0.6 is 0 Å². The third-order valence-electron chi connectivity index (χ3n) is 9.30. The summed E-state index contributed by atoms with van der Waals surface area (Å²) in [5, 5.41) is 23.0. The van der Waals surface area contributed by atoms with Crippen LogP contribution in [0.2, 0.25) is 0 Å². The molecule has 0 bridgehead atoms. The van der Waals surface area contributed by atoms with Gasteiger partial charge in [0.15, 0.2) is 11.5 Å². The van der Waals surface area contributed by atoms with Crippen molar-refractivity contribution in [1.82, 2.24) is 9.80 Å². The molecule has 2 aromatic carbocycles. The first-order valence-electron chi connectivity index (χ1n) is 12.0. The van der Waals surface area contributed by atoms with Crippen molar-refractivity contribution in [3.63, 3.8) is 0 Å². The van der Waals surface area contributed by atoms with E-state index in [1.54, 1.807) is 23.1 Å². The molecule has 2 N–H and O–H groups in total. The van der Waals surface area contributed by atoms with E-state index in [1.165, 1.54) is 6.07 Å². The van der Waals surface area contributed by atoms with E-state index in [9.17, 15) is 19.4 Å². The zero-order chi connectivity index (χ0) is 23.6. The van der Waals surface area contributed by atoms with E-state index in [2.05, 4.69) is 11.5 Å². The first-order valence-corrected chi connectivity index (χ1v) is 12.0. The molecular weight excluding hydrogens is 435 g/mol. The van der Waals surface area contributed by atoms with Gasteiger partial charge in [-0.1, -0.05) is 24.3 Å². The van der Waals surface area contributed by atoms with Gasteiger partial charge in [0.25, 0.3) is 5.91 Å². The molecule has 7 rings (SSSR count). The second-order valence-electron chi connectivity index (χ2n) is 10.5. The summed E-state index contributed by atoms with van der Waals surface area (Å²) in [4.78, 5) is 17.4. The number of carbonyl (C=O) groups excluding carboxylic acids is 1. The van der Waals surface area contributed by atoms with Crippen LogP contribution in [0.3, 0.4) is 0 Å². The number of aromatic hydroxyl groups is 1. The molecule has 6 nitrogen and oxygen atoms in total. The molecule has 2 aromatic rings. The Morgan fingerprint density at radius 3 is 2.91 bits per heavy atom. The number of likely N-dealkylation sites (tertiary alicyclic amines) is 1. The quantitative estimate of drug-likeness (QED) is 0.687. The van der Waals surface area contributed by atoms with Crippen molar-refractivity contribution in [3.8, 4) is 11.5 Å². The predicted octanol–water partition coefficient (Wildman–Crippen LogP) is 2.89. The average molecular weight is 463 g/mol. The number of phenolic OH excluding ortho intramolecular Hbond substituents is 1. The molecule has 3 aliphatic heterocycles. The van der Waals surface area contributed by atoms with Gasteiger partial charge in [-0.15, -0.1) is 6.58 Å². The van der Waals surface area contributed by atoms with E-state index in [-0.39, 0.29) is 35.2 Å². The van der Waals surface area contributed by atoms with E-state index in [4.69, 9.17) is 4.74 Å². The van der Waals surface area contributed by atoms with Crippen molar-refractivity contribution < 1.29 is 24.1 Å². The van der Waals surface area contributed by atoms with Crippen molar-refractivity contribution in [2.45, 2.75) is 55.5 Å². The van der Waals surface area contributed by atoms with Gasteiger partial charge in [0, 0.05) is 37.2 Å². The van der Waals surface area contributed by atoms with Crippen molar-refractivity contribution in [1.29, 1.82) is 0 Å². The number of halogens is 1. The molecule has 7 heteroatoms. The molecular formula is C27H27FN2O4. The maximum Gasteiger partial charge on any atom is 0.257 e. The van der Waals surface area contributed by atoms with Gasteiger partial charge >= 0.3 is 0 Å². The molecule has 176 valence electrons. The molecule has 1 saturated heterocycles. The number of hydrogen-bond acceptors (Lipinski definition) is 5. The van der Waals surface area contributed by atoms with Crippen molar-refractivity contribution >= 4 is 5.91 Å². The first kappa shape index (κ1) is 20.5. The van der Waals surface area contributed by atoms with Crippen LogP contribution in [0, 0.1) is 18.7 Å². The first-order chi connectivity index (χ1) is 16.3. The Labute approximate surface area is 197 Å². The number of amides is 1. The van der Waals surface area contributed by atoms with Gasteiger partial charge in [-0.2, -0.15) is 0 Å². The Balaban J connectivity index is 1.36. The Morgan fingerprint density at radius 1 is 1.32 bits per heavy atom. The minimum atomic E-state index is -1.04. The number of piperidine rings is 1. The number of rotatable bonds is 3. The molecule has 34 heavy (non-hydrogen) atoms. The standard InChI is InChI=1S/C27H27FN2O4/c1-3-11-29-13-16-23(29)26(33)10-9-18(30-12-15-5-4-6-17(28)20(15)25(30)32)24-27(16,26)21-14(2)7-8-19(31)22(21)34-24/h3-8,16,18,23-24,31,33H,1,9-13H2,2H3/t16?,18-,23-,24+,26-,27+/m1/s1. The summed E-state index contributed by atoms with van der Waals surface area (Å²) in [5.41, 5.74) is 0.909. The molecule has 0 radical (unpaired) electrons. The zero-order valence-electron chi connectivity index (χ0n) is 19.0. The van der Waals surface area contributed by atoms with E-state index >= 15 is 0 Å². The number of hydrogen-bond donors (Lipinski definition) is 2. The molecule has 3 heterocycles. The summed E-state index contributed by atoms with van der Waals surface area (Å²) in [7, 11) is 0. The lowest BCUT2D eigenvalue weighted by Gasteiger charge is -2.77. The SMILES string of the molecule is C=CCN1CC2[C@@H]1[C@]1(O)CC[C@@H](N3Cc4cccc(F)c4C3=O)[C@@H]3Oc4c(O)ccc(C)c4[C@@]231. The Kier molecular flexibility index (Phi) is 3.85. The lowest BCUT2D eigenvalue weighted by molar-refractivity contribution is -0.319. The fourth-order valence-electron chi connectivity index (χ4n) is 8.14. The highest BCUT2D eigenvalue weighted by atomic mass is 19.1. The second-order valence-corrected chi connectivity index (χ2v) is 10.5. The number of fused-ring (bicyclic) bond motifs is 4. The van der Waals surface area contributed by atoms with Crippen LogP contribution in [-0.4, -0.2) is 62.8 Å². The summed E-state index contributed by atoms with van der Waals surface area (Å²) >= 11 is 0. The van der Waals surface area contributed by atoms with E-state index in [1.807, 2.05) is 19.1 Å². The van der Waals surface area contributed by atoms with Crippen LogP contribution in [0.15, 0.2) is 43.0 Å². The number of aryl methyl sites for hydroxylation is 1. The van der Waals surface area contributed by atoms with E-state index in [0.29, 0.717) is 37.2 Å². The Hall–Kier alpha value is -2.90. The molecule has 2 aliphatic carbocycles. The van der Waals surface area contributed by atoms with Gasteiger partial charge in [-0.25, -0.2) is 4.39 Å². The van der Waals surface area contributed by atoms with Gasteiger partial charge in [0.2, 0.25) is 0 Å². The van der Waals surface area contributed by atoms with Crippen molar-refractivity contribution in [3.05, 3.63) is 71.1 Å². The van der Waals surface area contributed by atoms with Crippen LogP contribution in [0.5, 0.6) is 11.5 Å². The van der Waals surface area contributed by atoms with Crippen molar-refractivity contribution in [2.75, 3.05) is 13.1 Å². The van der Waals surface area contributed by atoms with Gasteiger partial charge in [0.05, 0.1) is 22.6 Å². The molecule has 5 aliphatic rings. The minimum Gasteiger partial charge on any atom is -0.504 e. The van der Waals surface area contributed by atoms with Gasteiger partial charge in [0.1, 0.15) is 11.9 Å². The largest absolute Gasteiger partial charge is 0.504 e. The second kappa shape index (κ2) is 6.40. The minimum absolute atomic E-state index is 0.00540. The van der Waals surface area contributed by atoms with Crippen molar-refractivity contribution in [2.24, 2.45) is 5.92 Å². The van der Waals surface area contributed by atoms with Crippen LogP contribution in [-0.2, 0) is 12.0 Å². The molecule has 3 fully saturated rings. The highest BCUT2D eigenvalue weighted by Gasteiger charge is 2.85. The van der Waals surface area contributed by atoms with E-state index < -0.39 is 22.9 Å². The smallest absolute Gasteiger partial charge is 0.257 e. The summed E-state index contributed by atoms with van der Waals surface area (Å²) in [6.45, 7) is 7.68. The van der Waals surface area contributed by atoms with E-state index in [0.717, 1.165) is 17.7 Å². The predicted molar refractivity (Wildman–Crippen MR) is 122 cm³/mol. The van der Waals surface area contributed by atoms with Crippen LogP contribution in [0.25, 0.3) is 0 Å². The third-order valence-corrected chi connectivity index (χ3v) is 9.30. The molecule has 1 spiro atoms. The number of ether oxygens (including phenoxy) is 1. The maximum absolute atomic E-state index is 14.6. The maximum atomic E-state index is 14.6. The highest BCUT2D eigenvalue weighted by Crippen LogP contribution is 2.73. The third kappa shape index (κ3) is 2.04. The molecule has 2 saturated carbocycles. The number of benzene rings is 2. The molecule has 1 amide bonds. The number of carbonyl (C=O) groups is 1. The van der Waals surface area contributed by atoms with Gasteiger partial charge in [-0.3, -0.25) is 9.69 Å². The molecule has 0 aromatic heterocycles. The highest BCUT2D eigenvalue weighted by molar-refractivity contribution is 5.99. The van der Waals surface area contributed by atoms with Crippen LogP contribution in [0.4, 0.5) is 4.39 Å². The fraction of sp³-hybridized carbons (Fsp3) is 0.444. The summed E-state index contributed by atoms with van der Waals surface area (Å²) < 4.78 is 21.1. The monoisotopic (exact) mass is 462 g/mol. The summed E-state index contributed by atoms with van der Waals surface area (Å²) in [6.07, 6.45) is 2.40. The van der Waals surface area contributed by atoms with Gasteiger partial charge < -0.3 is 19.8 Å². The average Bonchev–Trinajstić information content (AvgIpc) is 3.33. The lowest BCUT2D eigenvalue weighted by Crippen LogP contribution is -2.92. The fourth-order valence-corrected chi connectivity index (χ4v) is 8.14. The Bertz CT molecular complexity index is 1280. The summed E-state index contributed by atoms with van der Waals surface area (Å²) in [6, 6.07) is 7.92. The Morgan fingerprint density at radius 2 is 2.15 bits per heavy atom. The number of aliphatic hydroxyl groups is 1. The molecule has 6 atom stereocenters. The lowest BCUT2D eigenvalue weighted by atomic mass is 9.35. The number of nitrogens with zero attached hydrogens (tertiary/aromatic N) is 2. The topological polar surface area (TPSA) is 73.2 Å². The van der Waals surface area contributed by atoms with Gasteiger partial charge in [-0.05, 0) is 43.0 Å². The summed E-state index contributed by atoms with van der Waals surface area (Å²) in [5.74, 6) is -0.204. The zero-order valence-corrected chi connectivity index (χ0v) is 19.0. The van der Waals surface area contributed by atoms with Crippen LogP contribution in [0.1, 0.15) is 39.9 Å². The normalized spacial score (nSPS) is 36.9. The molecule has 1 unspecified atom stereocenters.